The third-order valence-electron chi connectivity index (χ3n) is 4.59. The summed E-state index contributed by atoms with van der Waals surface area (Å²) in [6, 6.07) is 10.7. The van der Waals surface area contributed by atoms with E-state index in [0.29, 0.717) is 17.7 Å². The SMILES string of the molecule is Cc1nnc(SCC(=O)NC[C@H](c2ccccc2)N2CCCCCC2)o1. The summed E-state index contributed by atoms with van der Waals surface area (Å²) in [6.07, 6.45) is 5.04. The molecule has 0 bridgehead atoms. The Bertz CT molecular complexity index is 684. The lowest BCUT2D eigenvalue weighted by Crippen LogP contribution is -2.39. The molecule has 6 nitrogen and oxygen atoms in total. The van der Waals surface area contributed by atoms with Crippen molar-refractivity contribution in [1.29, 1.82) is 0 Å². The maximum atomic E-state index is 12.3. The summed E-state index contributed by atoms with van der Waals surface area (Å²) >= 11 is 1.27. The Morgan fingerprint density at radius 1 is 1.19 bits per heavy atom. The molecule has 7 heteroatoms. The Kier molecular flexibility index (Phi) is 7.08. The molecule has 2 aromatic rings. The lowest BCUT2D eigenvalue weighted by atomic mass is 10.0. The van der Waals surface area contributed by atoms with Gasteiger partial charge in [-0.15, -0.1) is 10.2 Å². The molecule has 0 spiro atoms. The van der Waals surface area contributed by atoms with Crippen molar-refractivity contribution in [2.75, 3.05) is 25.4 Å². The van der Waals surface area contributed by atoms with Crippen LogP contribution in [0.2, 0.25) is 0 Å². The molecule has 1 fully saturated rings. The highest BCUT2D eigenvalue weighted by atomic mass is 32.2. The van der Waals surface area contributed by atoms with Crippen molar-refractivity contribution in [1.82, 2.24) is 20.4 Å². The van der Waals surface area contributed by atoms with Crippen LogP contribution in [0.1, 0.15) is 43.2 Å². The summed E-state index contributed by atoms with van der Waals surface area (Å²) in [7, 11) is 0. The molecule has 3 rings (SSSR count). The van der Waals surface area contributed by atoms with Crippen molar-refractivity contribution in [2.45, 2.75) is 43.9 Å². The number of hydrogen-bond donors (Lipinski definition) is 1. The monoisotopic (exact) mass is 374 g/mol. The molecule has 1 saturated heterocycles. The van der Waals surface area contributed by atoms with Crippen LogP contribution in [0.5, 0.6) is 0 Å². The van der Waals surface area contributed by atoms with Crippen molar-refractivity contribution >= 4 is 17.7 Å². The van der Waals surface area contributed by atoms with Crippen molar-refractivity contribution in [3.63, 3.8) is 0 Å². The number of likely N-dealkylation sites (tertiary alicyclic amines) is 1. The van der Waals surface area contributed by atoms with Crippen molar-refractivity contribution in [2.24, 2.45) is 0 Å². The highest BCUT2D eigenvalue weighted by Crippen LogP contribution is 2.24. The summed E-state index contributed by atoms with van der Waals surface area (Å²) in [6.45, 7) is 4.53. The molecule has 1 aromatic heterocycles. The van der Waals surface area contributed by atoms with Gasteiger partial charge in [0.1, 0.15) is 0 Å². The van der Waals surface area contributed by atoms with Crippen molar-refractivity contribution < 1.29 is 9.21 Å². The minimum atomic E-state index is -0.0124. The fourth-order valence-electron chi connectivity index (χ4n) is 3.27. The average Bonchev–Trinajstić information content (AvgIpc) is 2.90. The molecular formula is C19H26N4O2S. The number of aromatic nitrogens is 2. The molecule has 0 saturated carbocycles. The third kappa shape index (κ3) is 5.57. The summed E-state index contributed by atoms with van der Waals surface area (Å²) < 4.78 is 5.29. The molecule has 0 radical (unpaired) electrons. The second kappa shape index (κ2) is 9.73. The maximum absolute atomic E-state index is 12.3. The average molecular weight is 375 g/mol. The number of aryl methyl sites for hydroxylation is 1. The van der Waals surface area contributed by atoms with Crippen LogP contribution in [0, 0.1) is 6.92 Å². The quantitative estimate of drug-likeness (QED) is 0.751. The highest BCUT2D eigenvalue weighted by Gasteiger charge is 2.22. The predicted octanol–water partition coefficient (Wildman–Crippen LogP) is 3.20. The summed E-state index contributed by atoms with van der Waals surface area (Å²) in [5, 5.41) is 11.2. The zero-order valence-electron chi connectivity index (χ0n) is 15.2. The molecule has 1 aliphatic heterocycles. The first kappa shape index (κ1) is 18.9. The van der Waals surface area contributed by atoms with E-state index in [1.165, 1.54) is 43.0 Å². The second-order valence-corrected chi connectivity index (χ2v) is 7.48. The number of rotatable bonds is 7. The number of nitrogens with zero attached hydrogens (tertiary/aromatic N) is 3. The Hall–Kier alpha value is -1.86. The van der Waals surface area contributed by atoms with Gasteiger partial charge in [-0.25, -0.2) is 0 Å². The van der Waals surface area contributed by atoms with Crippen LogP contribution < -0.4 is 5.32 Å². The van der Waals surface area contributed by atoms with E-state index in [-0.39, 0.29) is 17.7 Å². The molecule has 1 N–H and O–H groups in total. The number of hydrogen-bond acceptors (Lipinski definition) is 6. The van der Waals surface area contributed by atoms with Gasteiger partial charge in [-0.05, 0) is 31.5 Å². The van der Waals surface area contributed by atoms with Crippen LogP contribution in [-0.4, -0.2) is 46.4 Å². The van der Waals surface area contributed by atoms with E-state index in [4.69, 9.17) is 4.42 Å². The van der Waals surface area contributed by atoms with E-state index in [0.717, 1.165) is 13.1 Å². The first-order valence-corrected chi connectivity index (χ1v) is 10.2. The van der Waals surface area contributed by atoms with Gasteiger partial charge in [-0.1, -0.05) is 54.9 Å². The third-order valence-corrected chi connectivity index (χ3v) is 5.41. The first-order chi connectivity index (χ1) is 12.7. The molecule has 1 atom stereocenters. The first-order valence-electron chi connectivity index (χ1n) is 9.21. The second-order valence-electron chi connectivity index (χ2n) is 6.56. The number of benzene rings is 1. The molecule has 1 amide bonds. The molecule has 26 heavy (non-hydrogen) atoms. The zero-order valence-corrected chi connectivity index (χ0v) is 16.0. The van der Waals surface area contributed by atoms with E-state index in [1.807, 2.05) is 6.07 Å². The number of nitrogens with one attached hydrogen (secondary N) is 1. The van der Waals surface area contributed by atoms with Crippen molar-refractivity contribution in [3.05, 3.63) is 41.8 Å². The Morgan fingerprint density at radius 3 is 2.58 bits per heavy atom. The molecule has 0 aliphatic carbocycles. The van der Waals surface area contributed by atoms with Crippen LogP contribution in [0.15, 0.2) is 40.0 Å². The van der Waals surface area contributed by atoms with Gasteiger partial charge in [0.25, 0.3) is 5.22 Å². The van der Waals surface area contributed by atoms with Gasteiger partial charge in [0.05, 0.1) is 11.8 Å². The fraction of sp³-hybridized carbons (Fsp3) is 0.526. The van der Waals surface area contributed by atoms with Crippen LogP contribution in [-0.2, 0) is 4.79 Å². The fourth-order valence-corrected chi connectivity index (χ4v) is 3.90. The minimum Gasteiger partial charge on any atom is -0.416 e. The van der Waals surface area contributed by atoms with Gasteiger partial charge >= 0.3 is 0 Å². The predicted molar refractivity (Wildman–Crippen MR) is 102 cm³/mol. The van der Waals surface area contributed by atoms with E-state index in [9.17, 15) is 4.79 Å². The summed E-state index contributed by atoms with van der Waals surface area (Å²) in [4.78, 5) is 14.8. The Balaban J connectivity index is 1.57. The van der Waals surface area contributed by atoms with Gasteiger partial charge in [0.2, 0.25) is 11.8 Å². The van der Waals surface area contributed by atoms with Crippen LogP contribution in [0.4, 0.5) is 0 Å². The van der Waals surface area contributed by atoms with Gasteiger partial charge in [0, 0.05) is 13.5 Å². The van der Waals surface area contributed by atoms with Crippen LogP contribution in [0.25, 0.3) is 0 Å². The van der Waals surface area contributed by atoms with E-state index < -0.39 is 0 Å². The lowest BCUT2D eigenvalue weighted by Gasteiger charge is -2.31. The van der Waals surface area contributed by atoms with E-state index >= 15 is 0 Å². The van der Waals surface area contributed by atoms with Crippen molar-refractivity contribution in [3.8, 4) is 0 Å². The van der Waals surface area contributed by atoms with E-state index in [2.05, 4.69) is 44.7 Å². The number of thioether (sulfide) groups is 1. The molecule has 2 heterocycles. The number of carbonyl (C=O) groups is 1. The van der Waals surface area contributed by atoms with Crippen LogP contribution >= 0.6 is 11.8 Å². The maximum Gasteiger partial charge on any atom is 0.277 e. The summed E-state index contributed by atoms with van der Waals surface area (Å²) in [5.41, 5.74) is 1.26. The van der Waals surface area contributed by atoms with Gasteiger partial charge in [-0.2, -0.15) is 0 Å². The zero-order chi connectivity index (χ0) is 18.2. The largest absolute Gasteiger partial charge is 0.416 e. The normalized spacial score (nSPS) is 16.8. The Morgan fingerprint density at radius 2 is 1.92 bits per heavy atom. The Labute approximate surface area is 158 Å². The number of carbonyl (C=O) groups excluding carboxylic acids is 1. The smallest absolute Gasteiger partial charge is 0.277 e. The van der Waals surface area contributed by atoms with E-state index in [1.54, 1.807) is 6.92 Å². The molecule has 1 aliphatic rings. The van der Waals surface area contributed by atoms with Gasteiger partial charge in [-0.3, -0.25) is 9.69 Å². The topological polar surface area (TPSA) is 71.3 Å². The lowest BCUT2D eigenvalue weighted by molar-refractivity contribution is -0.118. The van der Waals surface area contributed by atoms with Crippen LogP contribution in [0.3, 0.4) is 0 Å². The molecule has 140 valence electrons. The molecular weight excluding hydrogens is 348 g/mol. The number of amides is 1. The summed E-state index contributed by atoms with van der Waals surface area (Å²) in [5.74, 6) is 0.781. The van der Waals surface area contributed by atoms with Gasteiger partial charge < -0.3 is 9.73 Å². The molecule has 0 unspecified atom stereocenters. The highest BCUT2D eigenvalue weighted by molar-refractivity contribution is 7.99. The van der Waals surface area contributed by atoms with Gasteiger partial charge in [0.15, 0.2) is 0 Å². The molecule has 1 aromatic carbocycles. The minimum absolute atomic E-state index is 0.0124. The standard InChI is InChI=1S/C19H26N4O2S/c1-15-21-22-19(25-15)26-14-18(24)20-13-17(16-9-5-4-6-10-16)23-11-7-2-3-8-12-23/h4-6,9-10,17H,2-3,7-8,11-14H2,1H3,(H,20,24)/t17-/m1/s1.